The highest BCUT2D eigenvalue weighted by Gasteiger charge is 2.39. The minimum absolute atomic E-state index is 0.0238. The SMILES string of the molecule is O=C(CN1CCC2(CCNCC2)C1)NC1=NN(c2ccc(Cl)c(Cl)c2)CC1. The quantitative estimate of drug-likeness (QED) is 0.805. The van der Waals surface area contributed by atoms with Crippen molar-refractivity contribution in [3.63, 3.8) is 0 Å². The van der Waals surface area contributed by atoms with Gasteiger partial charge in [0.25, 0.3) is 0 Å². The minimum atomic E-state index is 0.0238. The van der Waals surface area contributed by atoms with Crippen LogP contribution in [-0.2, 0) is 4.79 Å². The van der Waals surface area contributed by atoms with E-state index in [9.17, 15) is 4.79 Å². The molecule has 0 aliphatic carbocycles. The molecule has 1 aromatic rings. The molecule has 27 heavy (non-hydrogen) atoms. The molecule has 3 heterocycles. The number of hydrogen-bond donors (Lipinski definition) is 2. The van der Waals surface area contributed by atoms with E-state index in [1.807, 2.05) is 11.1 Å². The maximum Gasteiger partial charge on any atom is 0.239 e. The van der Waals surface area contributed by atoms with Gasteiger partial charge in [0.1, 0.15) is 5.84 Å². The average molecular weight is 410 g/mol. The van der Waals surface area contributed by atoms with E-state index in [1.165, 1.54) is 19.3 Å². The van der Waals surface area contributed by atoms with Gasteiger partial charge in [0.05, 0.1) is 22.3 Å². The van der Waals surface area contributed by atoms with Crippen molar-refractivity contribution in [2.24, 2.45) is 10.5 Å². The standard InChI is InChI=1S/C19H25Cl2N5O/c20-15-2-1-14(11-16(15)21)26-9-3-17(24-26)23-18(27)12-25-10-6-19(13-25)4-7-22-8-5-19/h1-2,11,22H,3-10,12-13H2,(H,23,24,27). The summed E-state index contributed by atoms with van der Waals surface area (Å²) in [7, 11) is 0. The largest absolute Gasteiger partial charge is 0.317 e. The van der Waals surface area contributed by atoms with E-state index in [0.717, 1.165) is 31.9 Å². The van der Waals surface area contributed by atoms with Crippen LogP contribution in [0.4, 0.5) is 5.69 Å². The summed E-state index contributed by atoms with van der Waals surface area (Å²) in [4.78, 5) is 14.7. The molecule has 4 rings (SSSR count). The third-order valence-corrected chi connectivity index (χ3v) is 6.57. The Morgan fingerprint density at radius 3 is 2.78 bits per heavy atom. The molecule has 0 radical (unpaired) electrons. The second kappa shape index (κ2) is 7.95. The summed E-state index contributed by atoms with van der Waals surface area (Å²) < 4.78 is 0. The number of carbonyl (C=O) groups excluding carboxylic acids is 1. The van der Waals surface area contributed by atoms with Gasteiger partial charge in [-0.3, -0.25) is 14.7 Å². The number of amidine groups is 1. The molecular formula is C19H25Cl2N5O. The summed E-state index contributed by atoms with van der Waals surface area (Å²) >= 11 is 12.1. The fourth-order valence-corrected chi connectivity index (χ4v) is 4.60. The van der Waals surface area contributed by atoms with Crippen molar-refractivity contribution in [1.29, 1.82) is 0 Å². The zero-order chi connectivity index (χ0) is 18.9. The Labute approximate surface area is 169 Å². The number of piperidine rings is 1. The number of carbonyl (C=O) groups is 1. The van der Waals surface area contributed by atoms with E-state index in [2.05, 4.69) is 20.6 Å². The summed E-state index contributed by atoms with van der Waals surface area (Å²) in [5.74, 6) is 0.734. The van der Waals surface area contributed by atoms with Gasteiger partial charge in [0.2, 0.25) is 5.91 Å². The summed E-state index contributed by atoms with van der Waals surface area (Å²) in [6, 6.07) is 5.43. The molecule has 0 saturated carbocycles. The van der Waals surface area contributed by atoms with Crippen LogP contribution in [0.25, 0.3) is 0 Å². The van der Waals surface area contributed by atoms with E-state index < -0.39 is 0 Å². The molecule has 0 aromatic heterocycles. The Morgan fingerprint density at radius 1 is 1.19 bits per heavy atom. The fourth-order valence-electron chi connectivity index (χ4n) is 4.31. The third-order valence-electron chi connectivity index (χ3n) is 5.84. The molecule has 146 valence electrons. The highest BCUT2D eigenvalue weighted by Crippen LogP contribution is 2.38. The van der Waals surface area contributed by atoms with Crippen molar-refractivity contribution in [3.05, 3.63) is 28.2 Å². The number of nitrogens with zero attached hydrogens (tertiary/aromatic N) is 3. The van der Waals surface area contributed by atoms with Crippen LogP contribution in [0.5, 0.6) is 0 Å². The minimum Gasteiger partial charge on any atom is -0.317 e. The number of halogens is 2. The second-order valence-corrected chi connectivity index (χ2v) is 8.59. The number of amides is 1. The van der Waals surface area contributed by atoms with Crippen molar-refractivity contribution in [2.45, 2.75) is 25.7 Å². The van der Waals surface area contributed by atoms with E-state index in [4.69, 9.17) is 23.2 Å². The summed E-state index contributed by atoms with van der Waals surface area (Å²) in [5.41, 5.74) is 1.29. The zero-order valence-electron chi connectivity index (χ0n) is 15.3. The fraction of sp³-hybridized carbons (Fsp3) is 0.579. The van der Waals surface area contributed by atoms with Crippen LogP contribution >= 0.6 is 23.2 Å². The molecular weight excluding hydrogens is 385 g/mol. The highest BCUT2D eigenvalue weighted by molar-refractivity contribution is 6.42. The molecule has 1 amide bonds. The van der Waals surface area contributed by atoms with Gasteiger partial charge in [0.15, 0.2) is 0 Å². The molecule has 2 N–H and O–H groups in total. The maximum absolute atomic E-state index is 12.5. The lowest BCUT2D eigenvalue weighted by Gasteiger charge is -2.33. The van der Waals surface area contributed by atoms with Crippen LogP contribution < -0.4 is 15.6 Å². The maximum atomic E-state index is 12.5. The Bertz CT molecular complexity index is 748. The molecule has 8 heteroatoms. The molecule has 1 spiro atoms. The smallest absolute Gasteiger partial charge is 0.239 e. The molecule has 2 fully saturated rings. The second-order valence-electron chi connectivity index (χ2n) is 7.78. The van der Waals surface area contributed by atoms with E-state index >= 15 is 0 Å². The van der Waals surface area contributed by atoms with Crippen LogP contribution in [-0.4, -0.2) is 55.9 Å². The van der Waals surface area contributed by atoms with Gasteiger partial charge in [-0.2, -0.15) is 5.10 Å². The lowest BCUT2D eigenvalue weighted by Crippen LogP contribution is -2.42. The van der Waals surface area contributed by atoms with Crippen molar-refractivity contribution < 1.29 is 4.79 Å². The van der Waals surface area contributed by atoms with Gasteiger partial charge in [0, 0.05) is 19.5 Å². The first-order valence-electron chi connectivity index (χ1n) is 9.56. The summed E-state index contributed by atoms with van der Waals surface area (Å²) in [6.07, 6.45) is 4.35. The first-order chi connectivity index (χ1) is 13.0. The average Bonchev–Trinajstić information content (AvgIpc) is 3.26. The molecule has 6 nitrogen and oxygen atoms in total. The third kappa shape index (κ3) is 4.40. The van der Waals surface area contributed by atoms with Crippen LogP contribution in [0.2, 0.25) is 10.0 Å². The molecule has 2 saturated heterocycles. The van der Waals surface area contributed by atoms with E-state index in [-0.39, 0.29) is 5.91 Å². The van der Waals surface area contributed by atoms with Gasteiger partial charge in [-0.05, 0) is 62.5 Å². The van der Waals surface area contributed by atoms with Crippen molar-refractivity contribution in [1.82, 2.24) is 15.5 Å². The Hall–Kier alpha value is -1.34. The predicted molar refractivity (Wildman–Crippen MR) is 110 cm³/mol. The van der Waals surface area contributed by atoms with Gasteiger partial charge >= 0.3 is 0 Å². The first-order valence-corrected chi connectivity index (χ1v) is 10.3. The predicted octanol–water partition coefficient (Wildman–Crippen LogP) is 2.71. The van der Waals surface area contributed by atoms with Gasteiger partial charge < -0.3 is 10.6 Å². The Balaban J connectivity index is 1.30. The van der Waals surface area contributed by atoms with Crippen LogP contribution in [0, 0.1) is 5.41 Å². The van der Waals surface area contributed by atoms with Gasteiger partial charge in [-0.1, -0.05) is 23.2 Å². The topological polar surface area (TPSA) is 60.0 Å². The van der Waals surface area contributed by atoms with Crippen LogP contribution in [0.15, 0.2) is 23.3 Å². The summed E-state index contributed by atoms with van der Waals surface area (Å²) in [6.45, 7) is 5.40. The molecule has 0 bridgehead atoms. The molecule has 3 aliphatic rings. The van der Waals surface area contributed by atoms with E-state index in [1.54, 1.807) is 12.1 Å². The number of likely N-dealkylation sites (tertiary alicyclic amines) is 1. The first kappa shape index (κ1) is 19.0. The highest BCUT2D eigenvalue weighted by atomic mass is 35.5. The van der Waals surface area contributed by atoms with Gasteiger partial charge in [-0.25, -0.2) is 0 Å². The molecule has 0 atom stereocenters. The zero-order valence-corrected chi connectivity index (χ0v) is 16.8. The summed E-state index contributed by atoms with van der Waals surface area (Å²) in [5, 5.41) is 13.8. The van der Waals surface area contributed by atoms with E-state index in [0.29, 0.717) is 40.8 Å². The number of rotatable bonds is 3. The van der Waals surface area contributed by atoms with Gasteiger partial charge in [-0.15, -0.1) is 0 Å². The lowest BCUT2D eigenvalue weighted by molar-refractivity contribution is -0.120. The lowest BCUT2D eigenvalue weighted by atomic mass is 9.78. The number of nitrogens with one attached hydrogen (secondary N) is 2. The molecule has 1 aromatic carbocycles. The number of hydrazone groups is 1. The van der Waals surface area contributed by atoms with Crippen molar-refractivity contribution >= 4 is 40.6 Å². The molecule has 0 unspecified atom stereocenters. The van der Waals surface area contributed by atoms with Crippen LogP contribution in [0.3, 0.4) is 0 Å². The number of benzene rings is 1. The van der Waals surface area contributed by atoms with Crippen molar-refractivity contribution in [3.8, 4) is 0 Å². The van der Waals surface area contributed by atoms with Crippen LogP contribution in [0.1, 0.15) is 25.7 Å². The monoisotopic (exact) mass is 409 g/mol. The normalized spacial score (nSPS) is 22.3. The molecule has 3 aliphatic heterocycles. The Kier molecular flexibility index (Phi) is 5.60. The number of hydrogen-bond acceptors (Lipinski definition) is 5. The Morgan fingerprint density at radius 2 is 2.00 bits per heavy atom. The van der Waals surface area contributed by atoms with Crippen molar-refractivity contribution in [2.75, 3.05) is 44.3 Å². The number of anilines is 1.